The van der Waals surface area contributed by atoms with Gasteiger partial charge in [0.15, 0.2) is 6.10 Å². The molecular weight excluding hydrogens is 1000 g/mol. The average molecular weight is 1140 g/mol. The van der Waals surface area contributed by atoms with Crippen molar-refractivity contribution in [2.75, 3.05) is 47.5 Å². The summed E-state index contributed by atoms with van der Waals surface area (Å²) in [6, 6.07) is 0. The number of hydrogen-bond acceptors (Lipinski definition) is 8. The maximum absolute atomic E-state index is 12.8. The van der Waals surface area contributed by atoms with Crippen LogP contribution in [0.15, 0.2) is 24.3 Å². The fourth-order valence-electron chi connectivity index (χ4n) is 10.4. The van der Waals surface area contributed by atoms with E-state index in [2.05, 4.69) is 38.2 Å². The molecule has 0 aliphatic heterocycles. The first kappa shape index (κ1) is 77.5. The van der Waals surface area contributed by atoms with Crippen LogP contribution in [0.2, 0.25) is 0 Å². The highest BCUT2D eigenvalue weighted by Crippen LogP contribution is 2.38. The number of rotatable bonds is 65. The summed E-state index contributed by atoms with van der Waals surface area (Å²) in [5.74, 6) is -0.815. The van der Waals surface area contributed by atoms with E-state index in [0.717, 1.165) is 44.9 Å². The number of unbranched alkanes of at least 4 members (excludes halogenated alkanes) is 47. The van der Waals surface area contributed by atoms with Gasteiger partial charge in [0.05, 0.1) is 27.7 Å². The van der Waals surface area contributed by atoms with Crippen molar-refractivity contribution in [1.29, 1.82) is 0 Å². The number of phosphoric acid groups is 1. The molecule has 2 unspecified atom stereocenters. The van der Waals surface area contributed by atoms with E-state index in [1.54, 1.807) is 0 Å². The van der Waals surface area contributed by atoms with Gasteiger partial charge in [0.1, 0.15) is 19.8 Å². The molecule has 0 aliphatic rings. The number of quaternary nitrogens is 1. The Hall–Kier alpha value is -1.51. The van der Waals surface area contributed by atoms with Crippen LogP contribution in [0.25, 0.3) is 0 Å². The molecule has 0 aliphatic carbocycles. The fraction of sp³-hybridized carbons (Fsp3) is 0.913. The third-order valence-corrected chi connectivity index (χ3v) is 16.7. The van der Waals surface area contributed by atoms with Gasteiger partial charge in [0.25, 0.3) is 7.82 Å². The van der Waals surface area contributed by atoms with Crippen molar-refractivity contribution in [2.45, 2.75) is 360 Å². The Morgan fingerprint density at radius 2 is 0.684 bits per heavy atom. The first-order valence-corrected chi connectivity index (χ1v) is 36.0. The lowest BCUT2D eigenvalue weighted by Crippen LogP contribution is -2.37. The largest absolute Gasteiger partial charge is 0.756 e. The van der Waals surface area contributed by atoms with Crippen LogP contribution in [0.4, 0.5) is 0 Å². The molecule has 0 saturated carbocycles. The van der Waals surface area contributed by atoms with Crippen molar-refractivity contribution >= 4 is 19.8 Å². The number of phosphoric ester groups is 1. The Balaban J connectivity index is 3.98. The maximum atomic E-state index is 12.8. The summed E-state index contributed by atoms with van der Waals surface area (Å²) in [4.78, 5) is 38.0. The Labute approximate surface area is 491 Å². The summed E-state index contributed by atoms with van der Waals surface area (Å²) >= 11 is 0. The van der Waals surface area contributed by atoms with Gasteiger partial charge in [-0.2, -0.15) is 0 Å². The standard InChI is InChI=1S/C69H134NO8P/c1-6-8-10-12-14-16-18-20-22-24-26-28-30-31-32-33-34-35-36-37-38-40-41-43-45-47-49-51-53-55-57-59-61-68(71)75-65-67(66-77-79(73,74)76-64-63-70(3,4)5)78-69(72)62-60-58-56-54-52-50-48-46-44-42-39-29-27-25-23-21-19-17-15-13-11-9-7-2/h19,21,25,27,67H,6-18,20,22-24,26,28-66H2,1-5H3/b21-19-,27-25-. The van der Waals surface area contributed by atoms with Crippen molar-refractivity contribution in [2.24, 2.45) is 0 Å². The van der Waals surface area contributed by atoms with E-state index in [0.29, 0.717) is 17.4 Å². The molecule has 0 aromatic rings. The summed E-state index contributed by atoms with van der Waals surface area (Å²) in [6.07, 6.45) is 75.5. The molecule has 0 fully saturated rings. The number of nitrogens with zero attached hydrogens (tertiary/aromatic N) is 1. The molecule has 0 aromatic heterocycles. The molecule has 10 heteroatoms. The molecule has 0 aromatic carbocycles. The zero-order valence-electron chi connectivity index (χ0n) is 53.4. The summed E-state index contributed by atoms with van der Waals surface area (Å²) in [5.41, 5.74) is 0. The highest BCUT2D eigenvalue weighted by atomic mass is 31.2. The first-order chi connectivity index (χ1) is 38.5. The highest BCUT2D eigenvalue weighted by Gasteiger charge is 2.22. The van der Waals surface area contributed by atoms with Crippen LogP contribution in [0.5, 0.6) is 0 Å². The SMILES string of the molecule is CCCCCCC/C=C\C/C=C\CCCCCCCCCCCCCC(=O)OC(COC(=O)CCCCCCCCCCCCCCCCCCCCCCCCCCCCCCCCCC)COP(=O)([O-])OCC[N+](C)(C)C. The van der Waals surface area contributed by atoms with Gasteiger partial charge in [0, 0.05) is 12.8 Å². The minimum absolute atomic E-state index is 0.0283. The van der Waals surface area contributed by atoms with Crippen molar-refractivity contribution in [1.82, 2.24) is 0 Å². The zero-order chi connectivity index (χ0) is 57.7. The topological polar surface area (TPSA) is 111 Å². The lowest BCUT2D eigenvalue weighted by atomic mass is 10.0. The van der Waals surface area contributed by atoms with E-state index in [9.17, 15) is 19.0 Å². The van der Waals surface area contributed by atoms with Crippen LogP contribution in [0.3, 0.4) is 0 Å². The number of ether oxygens (including phenoxy) is 2. The molecule has 468 valence electrons. The first-order valence-electron chi connectivity index (χ1n) is 34.5. The third kappa shape index (κ3) is 65.5. The van der Waals surface area contributed by atoms with Crippen LogP contribution in [0, 0.1) is 0 Å². The predicted octanol–water partition coefficient (Wildman–Crippen LogP) is 21.5. The summed E-state index contributed by atoms with van der Waals surface area (Å²) in [6.45, 7) is 4.30. The van der Waals surface area contributed by atoms with E-state index in [4.69, 9.17) is 18.5 Å². The van der Waals surface area contributed by atoms with Gasteiger partial charge in [-0.1, -0.05) is 321 Å². The van der Waals surface area contributed by atoms with E-state index in [1.165, 1.54) is 276 Å². The van der Waals surface area contributed by atoms with Crippen LogP contribution in [-0.4, -0.2) is 70.0 Å². The lowest BCUT2D eigenvalue weighted by Gasteiger charge is -2.28. The second kappa shape index (κ2) is 61.1. The van der Waals surface area contributed by atoms with Gasteiger partial charge in [-0.15, -0.1) is 0 Å². The number of likely N-dealkylation sites (N-methyl/N-ethyl adjacent to an activating group) is 1. The van der Waals surface area contributed by atoms with E-state index < -0.39 is 26.5 Å². The number of allylic oxidation sites excluding steroid dienone is 4. The fourth-order valence-corrected chi connectivity index (χ4v) is 11.1. The predicted molar refractivity (Wildman–Crippen MR) is 338 cm³/mol. The van der Waals surface area contributed by atoms with Gasteiger partial charge in [-0.05, 0) is 44.9 Å². The van der Waals surface area contributed by atoms with Crippen molar-refractivity contribution < 1.29 is 42.1 Å². The van der Waals surface area contributed by atoms with Crippen LogP contribution >= 0.6 is 7.82 Å². The molecule has 0 radical (unpaired) electrons. The Kier molecular flexibility index (Phi) is 59.9. The maximum Gasteiger partial charge on any atom is 0.306 e. The average Bonchev–Trinajstić information content (AvgIpc) is 3.41. The highest BCUT2D eigenvalue weighted by molar-refractivity contribution is 7.45. The Bertz CT molecular complexity index is 1380. The molecule has 0 amide bonds. The van der Waals surface area contributed by atoms with E-state index >= 15 is 0 Å². The minimum Gasteiger partial charge on any atom is -0.756 e. The molecule has 0 saturated heterocycles. The normalized spacial score (nSPS) is 13.2. The molecule has 0 bridgehead atoms. The molecule has 0 spiro atoms. The van der Waals surface area contributed by atoms with Crippen LogP contribution in [0.1, 0.15) is 354 Å². The minimum atomic E-state index is -4.64. The number of carbonyl (C=O) groups excluding carboxylic acids is 2. The second-order valence-electron chi connectivity index (χ2n) is 24.9. The molecular formula is C69H134NO8P. The van der Waals surface area contributed by atoms with Crippen molar-refractivity contribution in [3.63, 3.8) is 0 Å². The zero-order valence-corrected chi connectivity index (χ0v) is 54.2. The Morgan fingerprint density at radius 3 is 1.00 bits per heavy atom. The smallest absolute Gasteiger partial charge is 0.306 e. The van der Waals surface area contributed by atoms with Crippen LogP contribution in [-0.2, 0) is 32.7 Å². The van der Waals surface area contributed by atoms with Crippen molar-refractivity contribution in [3.8, 4) is 0 Å². The Morgan fingerprint density at radius 1 is 0.392 bits per heavy atom. The van der Waals surface area contributed by atoms with E-state index in [1.807, 2.05) is 21.1 Å². The molecule has 79 heavy (non-hydrogen) atoms. The molecule has 0 N–H and O–H groups in total. The van der Waals surface area contributed by atoms with Gasteiger partial charge in [-0.3, -0.25) is 14.2 Å². The lowest BCUT2D eigenvalue weighted by molar-refractivity contribution is -0.870. The molecule has 2 atom stereocenters. The van der Waals surface area contributed by atoms with Gasteiger partial charge in [0.2, 0.25) is 0 Å². The van der Waals surface area contributed by atoms with Gasteiger partial charge < -0.3 is 27.9 Å². The van der Waals surface area contributed by atoms with E-state index in [-0.39, 0.29) is 32.0 Å². The molecule has 0 heterocycles. The van der Waals surface area contributed by atoms with Gasteiger partial charge >= 0.3 is 11.9 Å². The number of carbonyl (C=O) groups is 2. The van der Waals surface area contributed by atoms with Crippen molar-refractivity contribution in [3.05, 3.63) is 24.3 Å². The molecule has 9 nitrogen and oxygen atoms in total. The summed E-state index contributed by atoms with van der Waals surface area (Å²) < 4.78 is 34.3. The van der Waals surface area contributed by atoms with Crippen LogP contribution < -0.4 is 4.89 Å². The van der Waals surface area contributed by atoms with Gasteiger partial charge in [-0.25, -0.2) is 0 Å². The third-order valence-electron chi connectivity index (χ3n) is 15.7. The summed E-state index contributed by atoms with van der Waals surface area (Å²) in [5, 5.41) is 0. The molecule has 0 rings (SSSR count). The monoisotopic (exact) mass is 1140 g/mol. The number of hydrogen-bond donors (Lipinski definition) is 0. The summed E-state index contributed by atoms with van der Waals surface area (Å²) in [7, 11) is 1.18. The number of esters is 2. The second-order valence-corrected chi connectivity index (χ2v) is 26.3. The quantitative estimate of drug-likeness (QED) is 0.0195.